The summed E-state index contributed by atoms with van der Waals surface area (Å²) in [6.07, 6.45) is -2.94. The highest BCUT2D eigenvalue weighted by Gasteiger charge is 2.28. The highest BCUT2D eigenvalue weighted by atomic mass is 35.5. The smallest absolute Gasteiger partial charge is 0.351 e. The van der Waals surface area contributed by atoms with Crippen LogP contribution in [0.15, 0.2) is 0 Å². The van der Waals surface area contributed by atoms with Crippen LogP contribution in [0.5, 0.6) is 0 Å². The van der Waals surface area contributed by atoms with Crippen LogP contribution in [0, 0.1) is 0 Å². The van der Waals surface area contributed by atoms with Crippen LogP contribution in [-0.2, 0) is 13.0 Å². The average Bonchev–Trinajstić information content (AvgIpc) is 2.85. The number of aromatic nitrogens is 2. The van der Waals surface area contributed by atoms with E-state index in [2.05, 4.69) is 20.8 Å². The van der Waals surface area contributed by atoms with Crippen LogP contribution in [0.1, 0.15) is 28.2 Å². The number of halogens is 4. The average molecular weight is 356 g/mol. The van der Waals surface area contributed by atoms with Gasteiger partial charge in [-0.05, 0) is 20.0 Å². The molecule has 6 nitrogen and oxygen atoms in total. The van der Waals surface area contributed by atoms with Gasteiger partial charge in [-0.1, -0.05) is 0 Å². The Balaban J connectivity index is 0.00000264. The summed E-state index contributed by atoms with van der Waals surface area (Å²) in [6.45, 7) is 1.08. The first kappa shape index (κ1) is 19.7. The number of carbonyl (C=O) groups excluding carboxylic acids is 1. The molecule has 1 aromatic heterocycles. The Kier molecular flexibility index (Phi) is 7.30. The molecule has 0 spiro atoms. The Labute approximate surface area is 138 Å². The molecule has 0 aliphatic carbocycles. The molecule has 0 radical (unpaired) electrons. The van der Waals surface area contributed by atoms with Crippen molar-refractivity contribution in [2.24, 2.45) is 0 Å². The molecular weight excluding hydrogens is 335 g/mol. The number of fused-ring (bicyclic) bond motifs is 1. The van der Waals surface area contributed by atoms with Gasteiger partial charge in [0.1, 0.15) is 0 Å². The first-order valence-corrected chi connectivity index (χ1v) is 7.17. The Hall–Kier alpha value is -1.32. The summed E-state index contributed by atoms with van der Waals surface area (Å²) < 4.78 is 36.5. The molecule has 1 aliphatic rings. The highest BCUT2D eigenvalue weighted by Crippen LogP contribution is 2.16. The molecule has 2 rings (SSSR count). The number of alkyl halides is 3. The first-order chi connectivity index (χ1) is 10.4. The first-order valence-electron chi connectivity index (χ1n) is 7.17. The molecule has 23 heavy (non-hydrogen) atoms. The minimum atomic E-state index is -4.20. The molecular formula is C13H21ClF3N5O. The lowest BCUT2D eigenvalue weighted by Gasteiger charge is -2.18. The van der Waals surface area contributed by atoms with Gasteiger partial charge in [0.05, 0.1) is 6.54 Å². The Morgan fingerprint density at radius 3 is 2.87 bits per heavy atom. The molecule has 0 bridgehead atoms. The lowest BCUT2D eigenvalue weighted by molar-refractivity contribution is -0.143. The Morgan fingerprint density at radius 1 is 1.43 bits per heavy atom. The molecule has 132 valence electrons. The minimum Gasteiger partial charge on any atom is -0.351 e. The maximum absolute atomic E-state index is 12.2. The van der Waals surface area contributed by atoms with E-state index in [1.807, 2.05) is 0 Å². The van der Waals surface area contributed by atoms with Crippen molar-refractivity contribution in [3.63, 3.8) is 0 Å². The van der Waals surface area contributed by atoms with Crippen LogP contribution >= 0.6 is 12.4 Å². The minimum absolute atomic E-state index is 0. The maximum Gasteiger partial charge on any atom is 0.401 e. The van der Waals surface area contributed by atoms with E-state index in [4.69, 9.17) is 0 Å². The van der Waals surface area contributed by atoms with E-state index < -0.39 is 12.7 Å². The number of amides is 1. The third-order valence-corrected chi connectivity index (χ3v) is 3.47. The van der Waals surface area contributed by atoms with Crippen LogP contribution in [0.2, 0.25) is 0 Å². The van der Waals surface area contributed by atoms with Crippen molar-refractivity contribution in [3.8, 4) is 0 Å². The van der Waals surface area contributed by atoms with Crippen molar-refractivity contribution in [1.82, 2.24) is 25.7 Å². The summed E-state index contributed by atoms with van der Waals surface area (Å²) in [4.78, 5) is 13.2. The van der Waals surface area contributed by atoms with Crippen molar-refractivity contribution in [1.29, 1.82) is 0 Å². The van der Waals surface area contributed by atoms with Crippen molar-refractivity contribution in [2.75, 3.05) is 33.2 Å². The lowest BCUT2D eigenvalue weighted by atomic mass is 10.1. The van der Waals surface area contributed by atoms with Gasteiger partial charge in [0.2, 0.25) is 0 Å². The van der Waals surface area contributed by atoms with Crippen molar-refractivity contribution >= 4 is 18.3 Å². The Bertz CT molecular complexity index is 520. The third kappa shape index (κ3) is 6.00. The van der Waals surface area contributed by atoms with Crippen LogP contribution in [-0.4, -0.2) is 60.4 Å². The number of nitrogens with one attached hydrogen (secondary N) is 3. The molecule has 0 saturated heterocycles. The lowest BCUT2D eigenvalue weighted by Crippen LogP contribution is -2.34. The fourth-order valence-corrected chi connectivity index (χ4v) is 2.43. The molecule has 1 aliphatic heterocycles. The molecule has 0 unspecified atom stereocenters. The largest absolute Gasteiger partial charge is 0.401 e. The second-order valence-corrected chi connectivity index (χ2v) is 5.42. The van der Waals surface area contributed by atoms with Gasteiger partial charge >= 0.3 is 6.18 Å². The summed E-state index contributed by atoms with van der Waals surface area (Å²) in [6, 6.07) is 0. The molecule has 2 heterocycles. The van der Waals surface area contributed by atoms with Crippen LogP contribution in [0.25, 0.3) is 0 Å². The highest BCUT2D eigenvalue weighted by molar-refractivity contribution is 5.94. The predicted molar refractivity (Wildman–Crippen MR) is 81.7 cm³/mol. The van der Waals surface area contributed by atoms with Crippen LogP contribution < -0.4 is 10.6 Å². The van der Waals surface area contributed by atoms with Gasteiger partial charge in [0.15, 0.2) is 5.69 Å². The monoisotopic (exact) mass is 355 g/mol. The quantitative estimate of drug-likeness (QED) is 0.668. The van der Waals surface area contributed by atoms with E-state index in [-0.39, 0.29) is 24.9 Å². The number of carbonyl (C=O) groups is 1. The van der Waals surface area contributed by atoms with E-state index in [0.29, 0.717) is 25.2 Å². The number of H-pyrrole nitrogens is 1. The van der Waals surface area contributed by atoms with Crippen molar-refractivity contribution < 1.29 is 18.0 Å². The molecule has 0 aromatic carbocycles. The maximum atomic E-state index is 12.2. The van der Waals surface area contributed by atoms with Crippen molar-refractivity contribution in [2.45, 2.75) is 25.6 Å². The van der Waals surface area contributed by atoms with Crippen LogP contribution in [0.4, 0.5) is 13.2 Å². The van der Waals surface area contributed by atoms with Gasteiger partial charge < -0.3 is 10.6 Å². The molecule has 1 amide bonds. The summed E-state index contributed by atoms with van der Waals surface area (Å²) in [5.74, 6) is -0.292. The van der Waals surface area contributed by atoms with E-state index in [1.54, 1.807) is 0 Å². The van der Waals surface area contributed by atoms with E-state index in [1.165, 1.54) is 11.9 Å². The standard InChI is InChI=1S/C13H20F3N5O.ClH/c1-21(8-13(14,15)16)6-2-4-18-12(22)11-9-7-17-5-3-10(9)19-20-11;/h17H,2-8H2,1H3,(H,18,22)(H,19,20);1H. The van der Waals surface area contributed by atoms with Gasteiger partial charge in [0.25, 0.3) is 5.91 Å². The number of nitrogens with zero attached hydrogens (tertiary/aromatic N) is 2. The summed E-state index contributed by atoms with van der Waals surface area (Å²) >= 11 is 0. The SMILES string of the molecule is CN(CCCNC(=O)c1n[nH]c2c1CNCC2)CC(F)(F)F.Cl. The molecule has 0 atom stereocenters. The van der Waals surface area contributed by atoms with Crippen molar-refractivity contribution in [3.05, 3.63) is 17.0 Å². The zero-order valence-corrected chi connectivity index (χ0v) is 13.6. The zero-order valence-electron chi connectivity index (χ0n) is 12.8. The zero-order chi connectivity index (χ0) is 16.2. The second kappa shape index (κ2) is 8.51. The number of hydrogen-bond acceptors (Lipinski definition) is 4. The topological polar surface area (TPSA) is 73.0 Å². The molecule has 0 saturated carbocycles. The fraction of sp³-hybridized carbons (Fsp3) is 0.692. The number of hydrogen-bond donors (Lipinski definition) is 3. The van der Waals surface area contributed by atoms with Gasteiger partial charge in [-0.2, -0.15) is 18.3 Å². The number of rotatable bonds is 6. The van der Waals surface area contributed by atoms with Crippen LogP contribution in [0.3, 0.4) is 0 Å². The predicted octanol–water partition coefficient (Wildman–Crippen LogP) is 1.09. The third-order valence-electron chi connectivity index (χ3n) is 3.47. The van der Waals surface area contributed by atoms with Gasteiger partial charge in [-0.15, -0.1) is 12.4 Å². The summed E-state index contributed by atoms with van der Waals surface area (Å²) in [5, 5.41) is 12.8. The normalized spacial score (nSPS) is 14.3. The van der Waals surface area contributed by atoms with E-state index >= 15 is 0 Å². The number of aromatic amines is 1. The molecule has 0 fully saturated rings. The molecule has 10 heteroatoms. The van der Waals surface area contributed by atoms with E-state index in [9.17, 15) is 18.0 Å². The Morgan fingerprint density at radius 2 is 2.17 bits per heavy atom. The summed E-state index contributed by atoms with van der Waals surface area (Å²) in [5.41, 5.74) is 2.21. The second-order valence-electron chi connectivity index (χ2n) is 5.42. The molecule has 1 aromatic rings. The van der Waals surface area contributed by atoms with E-state index in [0.717, 1.165) is 24.2 Å². The summed E-state index contributed by atoms with van der Waals surface area (Å²) in [7, 11) is 1.41. The molecule has 3 N–H and O–H groups in total. The van der Waals surface area contributed by atoms with Gasteiger partial charge in [0, 0.05) is 37.3 Å². The van der Waals surface area contributed by atoms with Gasteiger partial charge in [-0.3, -0.25) is 14.8 Å². The van der Waals surface area contributed by atoms with Gasteiger partial charge in [-0.25, -0.2) is 0 Å². The fourth-order valence-electron chi connectivity index (χ4n) is 2.43.